The van der Waals surface area contributed by atoms with E-state index in [4.69, 9.17) is 28.3 Å². The summed E-state index contributed by atoms with van der Waals surface area (Å²) in [5, 5.41) is 9.32. The number of anilines is 1. The third-order valence-corrected chi connectivity index (χ3v) is 4.46. The predicted molar refractivity (Wildman–Crippen MR) is 77.4 cm³/mol. The molecule has 1 aromatic carbocycles. The van der Waals surface area contributed by atoms with E-state index in [9.17, 15) is 8.42 Å². The van der Waals surface area contributed by atoms with Gasteiger partial charge in [0.1, 0.15) is 0 Å². The normalized spacial score (nSPS) is 11.3. The van der Waals surface area contributed by atoms with E-state index < -0.39 is 10.0 Å². The first-order valence-electron chi connectivity index (χ1n) is 5.46. The minimum Gasteiger partial charge on any atom is -0.392 e. The van der Waals surface area contributed by atoms with Gasteiger partial charge in [0.2, 0.25) is 0 Å². The molecule has 20 heavy (non-hydrogen) atoms. The number of halogens is 2. The predicted octanol–water partition coefficient (Wildman–Crippen LogP) is 2.68. The molecule has 0 aliphatic heterocycles. The molecule has 2 N–H and O–H groups in total. The summed E-state index contributed by atoms with van der Waals surface area (Å²) in [7, 11) is -3.81. The van der Waals surface area contributed by atoms with E-state index in [0.717, 1.165) is 0 Å². The zero-order valence-corrected chi connectivity index (χ0v) is 12.4. The van der Waals surface area contributed by atoms with Gasteiger partial charge >= 0.3 is 0 Å². The Morgan fingerprint density at radius 1 is 1.15 bits per heavy atom. The second kappa shape index (κ2) is 5.97. The molecule has 0 radical (unpaired) electrons. The van der Waals surface area contributed by atoms with Crippen LogP contribution in [0.2, 0.25) is 10.0 Å². The van der Waals surface area contributed by atoms with Crippen molar-refractivity contribution in [3.8, 4) is 0 Å². The fraction of sp³-hybridized carbons (Fsp3) is 0.0833. The zero-order valence-electron chi connectivity index (χ0n) is 10.0. The van der Waals surface area contributed by atoms with E-state index in [2.05, 4.69) is 9.71 Å². The van der Waals surface area contributed by atoms with Gasteiger partial charge in [-0.05, 0) is 29.8 Å². The van der Waals surface area contributed by atoms with E-state index in [0.29, 0.717) is 10.6 Å². The van der Waals surface area contributed by atoms with E-state index >= 15 is 0 Å². The van der Waals surface area contributed by atoms with Crippen LogP contribution in [0, 0.1) is 0 Å². The number of pyridine rings is 1. The summed E-state index contributed by atoms with van der Waals surface area (Å²) in [6, 6.07) is 7.18. The summed E-state index contributed by atoms with van der Waals surface area (Å²) < 4.78 is 26.5. The third kappa shape index (κ3) is 3.40. The van der Waals surface area contributed by atoms with Crippen molar-refractivity contribution in [2.45, 2.75) is 11.6 Å². The molecular formula is C12H10Cl2N2O3S. The van der Waals surface area contributed by atoms with Crippen LogP contribution in [0.3, 0.4) is 0 Å². The molecule has 0 aliphatic rings. The molecule has 0 atom stereocenters. The molecule has 8 heteroatoms. The summed E-state index contributed by atoms with van der Waals surface area (Å²) in [5.74, 6) is 0. The highest BCUT2D eigenvalue weighted by Gasteiger charge is 2.16. The lowest BCUT2D eigenvalue weighted by Gasteiger charge is -2.08. The van der Waals surface area contributed by atoms with E-state index in [1.165, 1.54) is 36.5 Å². The van der Waals surface area contributed by atoms with Gasteiger partial charge < -0.3 is 5.11 Å². The smallest absolute Gasteiger partial charge is 0.279 e. The van der Waals surface area contributed by atoms with E-state index in [1.54, 1.807) is 0 Å². The Bertz CT molecular complexity index is 718. The molecule has 5 nitrogen and oxygen atoms in total. The Balaban J connectivity index is 2.27. The lowest BCUT2D eigenvalue weighted by Crippen LogP contribution is -2.14. The molecule has 0 bridgehead atoms. The van der Waals surface area contributed by atoms with Gasteiger partial charge in [-0.2, -0.15) is 8.42 Å². The van der Waals surface area contributed by atoms with Crippen molar-refractivity contribution in [2.75, 3.05) is 4.72 Å². The van der Waals surface area contributed by atoms with Gasteiger partial charge in [-0.1, -0.05) is 29.3 Å². The second-order valence-corrected chi connectivity index (χ2v) is 6.34. The van der Waals surface area contributed by atoms with Gasteiger partial charge in [0, 0.05) is 6.20 Å². The highest BCUT2D eigenvalue weighted by atomic mass is 35.5. The summed E-state index contributed by atoms with van der Waals surface area (Å²) >= 11 is 11.6. The highest BCUT2D eigenvalue weighted by molar-refractivity contribution is 7.92. The number of sulfonamides is 1. The number of nitrogens with zero attached hydrogens (tertiary/aromatic N) is 1. The first kappa shape index (κ1) is 15.1. The molecule has 0 fully saturated rings. The SMILES string of the molecule is O=S(=O)(Nc1ccc(Cl)c(Cl)c1)c1ccc(CO)cn1. The molecule has 1 heterocycles. The maximum Gasteiger partial charge on any atom is 0.279 e. The van der Waals surface area contributed by atoms with Crippen LogP contribution < -0.4 is 4.72 Å². The van der Waals surface area contributed by atoms with Crippen molar-refractivity contribution in [3.63, 3.8) is 0 Å². The molecule has 0 aliphatic carbocycles. The Labute approximate surface area is 126 Å². The fourth-order valence-corrected chi connectivity index (χ4v) is 2.71. The molecule has 0 saturated carbocycles. The van der Waals surface area contributed by atoms with Crippen LogP contribution in [-0.2, 0) is 16.6 Å². The Kier molecular flexibility index (Phi) is 4.49. The monoisotopic (exact) mass is 332 g/mol. The van der Waals surface area contributed by atoms with Crippen molar-refractivity contribution in [2.24, 2.45) is 0 Å². The van der Waals surface area contributed by atoms with Crippen LogP contribution in [0.25, 0.3) is 0 Å². The largest absolute Gasteiger partial charge is 0.392 e. The first-order valence-corrected chi connectivity index (χ1v) is 7.70. The third-order valence-electron chi connectivity index (χ3n) is 2.43. The van der Waals surface area contributed by atoms with Crippen LogP contribution in [0.4, 0.5) is 5.69 Å². The van der Waals surface area contributed by atoms with Gasteiger partial charge in [0.25, 0.3) is 10.0 Å². The molecule has 106 valence electrons. The van der Waals surface area contributed by atoms with Crippen LogP contribution in [0.5, 0.6) is 0 Å². The van der Waals surface area contributed by atoms with Gasteiger partial charge in [0.15, 0.2) is 5.03 Å². The van der Waals surface area contributed by atoms with Gasteiger partial charge in [0.05, 0.1) is 22.3 Å². The first-order chi connectivity index (χ1) is 9.42. The molecular weight excluding hydrogens is 323 g/mol. The highest BCUT2D eigenvalue weighted by Crippen LogP contribution is 2.26. The number of hydrogen-bond donors (Lipinski definition) is 2. The molecule has 2 aromatic rings. The van der Waals surface area contributed by atoms with Crippen molar-refractivity contribution in [1.82, 2.24) is 4.98 Å². The minimum atomic E-state index is -3.81. The quantitative estimate of drug-likeness (QED) is 0.902. The van der Waals surface area contributed by atoms with Crippen molar-refractivity contribution >= 4 is 38.9 Å². The van der Waals surface area contributed by atoms with Crippen LogP contribution in [-0.4, -0.2) is 18.5 Å². The molecule has 2 rings (SSSR count). The van der Waals surface area contributed by atoms with Crippen LogP contribution >= 0.6 is 23.2 Å². The summed E-state index contributed by atoms with van der Waals surface area (Å²) in [6.07, 6.45) is 1.30. The molecule has 0 saturated heterocycles. The second-order valence-electron chi connectivity index (χ2n) is 3.90. The van der Waals surface area contributed by atoms with Crippen molar-refractivity contribution in [1.29, 1.82) is 0 Å². The average molecular weight is 333 g/mol. The maximum absolute atomic E-state index is 12.1. The number of hydrogen-bond acceptors (Lipinski definition) is 4. The summed E-state index contributed by atoms with van der Waals surface area (Å²) in [4.78, 5) is 3.79. The van der Waals surface area contributed by atoms with Crippen molar-refractivity contribution in [3.05, 3.63) is 52.1 Å². The van der Waals surface area contributed by atoms with Gasteiger partial charge in [-0.25, -0.2) is 4.98 Å². The number of benzene rings is 1. The number of aromatic nitrogens is 1. The Morgan fingerprint density at radius 3 is 2.45 bits per heavy atom. The molecule has 1 aromatic heterocycles. The lowest BCUT2D eigenvalue weighted by molar-refractivity contribution is 0.281. The number of aliphatic hydroxyl groups excluding tert-OH is 1. The lowest BCUT2D eigenvalue weighted by atomic mass is 10.3. The standard InChI is InChI=1S/C12H10Cl2N2O3S/c13-10-3-2-9(5-11(10)14)16-20(18,19)12-4-1-8(7-17)6-15-12/h1-6,16-17H,7H2. The number of rotatable bonds is 4. The fourth-order valence-electron chi connectivity index (χ4n) is 1.43. The number of aliphatic hydroxyl groups is 1. The van der Waals surface area contributed by atoms with E-state index in [1.807, 2.05) is 0 Å². The maximum atomic E-state index is 12.1. The molecule has 0 spiro atoms. The van der Waals surface area contributed by atoms with E-state index in [-0.39, 0.29) is 22.3 Å². The van der Waals surface area contributed by atoms with Gasteiger partial charge in [-0.15, -0.1) is 0 Å². The van der Waals surface area contributed by atoms with Crippen LogP contribution in [0.15, 0.2) is 41.6 Å². The molecule has 0 amide bonds. The Morgan fingerprint density at radius 2 is 1.90 bits per heavy atom. The van der Waals surface area contributed by atoms with Gasteiger partial charge in [-0.3, -0.25) is 4.72 Å². The van der Waals surface area contributed by atoms with Crippen LogP contribution in [0.1, 0.15) is 5.56 Å². The Hall–Kier alpha value is -1.34. The van der Waals surface area contributed by atoms with Crippen molar-refractivity contribution < 1.29 is 13.5 Å². The minimum absolute atomic E-state index is 0.152. The zero-order chi connectivity index (χ0) is 14.8. The summed E-state index contributed by atoms with van der Waals surface area (Å²) in [6.45, 7) is -0.201. The number of nitrogens with one attached hydrogen (secondary N) is 1. The molecule has 0 unspecified atom stereocenters. The topological polar surface area (TPSA) is 79.3 Å². The summed E-state index contributed by atoms with van der Waals surface area (Å²) in [5.41, 5.74) is 0.811. The average Bonchev–Trinajstić information content (AvgIpc) is 2.43.